The minimum Gasteiger partial charge on any atom is -0.481 e. The van der Waals surface area contributed by atoms with Gasteiger partial charge in [-0.2, -0.15) is 0 Å². The molecule has 108 valence electrons. The Morgan fingerprint density at radius 3 is 2.85 bits per heavy atom. The van der Waals surface area contributed by atoms with Crippen molar-refractivity contribution in [2.24, 2.45) is 11.3 Å². The third-order valence-corrected chi connectivity index (χ3v) is 4.62. The number of aliphatic carboxylic acids is 1. The van der Waals surface area contributed by atoms with E-state index >= 15 is 0 Å². The molecular weight excluding hydrogens is 254 g/mol. The Labute approximate surface area is 119 Å². The van der Waals surface area contributed by atoms with Crippen LogP contribution in [0.5, 0.6) is 0 Å². The maximum Gasteiger partial charge on any atom is 0.308 e. The molecule has 1 N–H and O–H groups in total. The Morgan fingerprint density at radius 2 is 2.20 bits per heavy atom. The first kappa shape index (κ1) is 13.6. The van der Waals surface area contributed by atoms with Crippen molar-refractivity contribution in [1.29, 1.82) is 0 Å². The molecule has 2 aliphatic rings. The number of likely N-dealkylation sites (tertiary alicyclic amines) is 1. The number of carboxylic acids is 1. The minimum atomic E-state index is -0.675. The molecule has 2 aliphatic heterocycles. The summed E-state index contributed by atoms with van der Waals surface area (Å²) >= 11 is 0. The molecule has 2 heterocycles. The van der Waals surface area contributed by atoms with Gasteiger partial charge >= 0.3 is 5.97 Å². The summed E-state index contributed by atoms with van der Waals surface area (Å²) in [4.78, 5) is 13.9. The summed E-state index contributed by atoms with van der Waals surface area (Å²) < 4.78 is 5.60. The largest absolute Gasteiger partial charge is 0.481 e. The lowest BCUT2D eigenvalue weighted by Crippen LogP contribution is -2.42. The first-order valence-electron chi connectivity index (χ1n) is 7.26. The molecule has 2 fully saturated rings. The molecule has 0 radical (unpaired) electrons. The molecule has 1 aromatic rings. The zero-order valence-corrected chi connectivity index (χ0v) is 11.6. The van der Waals surface area contributed by atoms with Crippen LogP contribution >= 0.6 is 0 Å². The van der Waals surface area contributed by atoms with Gasteiger partial charge in [-0.1, -0.05) is 30.3 Å². The molecular formula is C16H21NO3. The highest BCUT2D eigenvalue weighted by Gasteiger charge is 2.50. The molecule has 4 heteroatoms. The van der Waals surface area contributed by atoms with Crippen molar-refractivity contribution in [3.63, 3.8) is 0 Å². The van der Waals surface area contributed by atoms with Crippen molar-refractivity contribution in [1.82, 2.24) is 4.90 Å². The van der Waals surface area contributed by atoms with Crippen molar-refractivity contribution in [2.45, 2.75) is 19.4 Å². The summed E-state index contributed by atoms with van der Waals surface area (Å²) in [6.45, 7) is 3.65. The van der Waals surface area contributed by atoms with Crippen LogP contribution in [0.25, 0.3) is 0 Å². The SMILES string of the molecule is O=C(O)[C@H]1CN(Cc2ccccc2)C[C@]12CCCOC2. The Hall–Kier alpha value is -1.39. The number of rotatable bonds is 3. The average Bonchev–Trinajstić information content (AvgIpc) is 2.79. The third kappa shape index (κ3) is 2.58. The van der Waals surface area contributed by atoms with E-state index in [1.54, 1.807) is 0 Å². The van der Waals surface area contributed by atoms with Crippen LogP contribution in [0, 0.1) is 11.3 Å². The van der Waals surface area contributed by atoms with E-state index in [4.69, 9.17) is 4.74 Å². The first-order chi connectivity index (χ1) is 9.70. The molecule has 1 aromatic carbocycles. The fourth-order valence-electron chi connectivity index (χ4n) is 3.65. The second-order valence-electron chi connectivity index (χ2n) is 6.06. The molecule has 2 atom stereocenters. The van der Waals surface area contributed by atoms with E-state index in [1.807, 2.05) is 18.2 Å². The van der Waals surface area contributed by atoms with Crippen molar-refractivity contribution in [3.05, 3.63) is 35.9 Å². The lowest BCUT2D eigenvalue weighted by molar-refractivity contribution is -0.148. The molecule has 0 aromatic heterocycles. The van der Waals surface area contributed by atoms with Crippen LogP contribution < -0.4 is 0 Å². The van der Waals surface area contributed by atoms with E-state index in [9.17, 15) is 9.90 Å². The van der Waals surface area contributed by atoms with Crippen LogP contribution in [0.2, 0.25) is 0 Å². The number of nitrogens with zero attached hydrogens (tertiary/aromatic N) is 1. The molecule has 4 nitrogen and oxygen atoms in total. The predicted octanol–water partition coefficient (Wildman–Crippen LogP) is 2.00. The minimum absolute atomic E-state index is 0.182. The van der Waals surface area contributed by atoms with Gasteiger partial charge in [0.05, 0.1) is 12.5 Å². The van der Waals surface area contributed by atoms with Crippen LogP contribution in [-0.4, -0.2) is 42.3 Å². The zero-order chi connectivity index (χ0) is 14.0. The van der Waals surface area contributed by atoms with E-state index in [0.717, 1.165) is 32.5 Å². The summed E-state index contributed by atoms with van der Waals surface area (Å²) in [5, 5.41) is 9.53. The van der Waals surface area contributed by atoms with Crippen molar-refractivity contribution >= 4 is 5.97 Å². The van der Waals surface area contributed by atoms with E-state index in [2.05, 4.69) is 17.0 Å². The molecule has 0 saturated carbocycles. The highest BCUT2D eigenvalue weighted by atomic mass is 16.5. The fourth-order valence-corrected chi connectivity index (χ4v) is 3.65. The standard InChI is InChI=1S/C16H21NO3/c18-15(19)14-10-17(9-13-5-2-1-3-6-13)11-16(14)7-4-8-20-12-16/h1-3,5-6,14H,4,7-12H2,(H,18,19)/t14-,16+/m1/s1. The van der Waals surface area contributed by atoms with Gasteiger partial charge in [0.1, 0.15) is 0 Å². The maximum absolute atomic E-state index is 11.6. The zero-order valence-electron chi connectivity index (χ0n) is 11.6. The van der Waals surface area contributed by atoms with Gasteiger partial charge in [-0.15, -0.1) is 0 Å². The normalized spacial score (nSPS) is 30.7. The van der Waals surface area contributed by atoms with Crippen molar-refractivity contribution in [3.8, 4) is 0 Å². The van der Waals surface area contributed by atoms with E-state index in [-0.39, 0.29) is 11.3 Å². The van der Waals surface area contributed by atoms with Crippen molar-refractivity contribution in [2.75, 3.05) is 26.3 Å². The number of hydrogen-bond donors (Lipinski definition) is 1. The number of hydrogen-bond acceptors (Lipinski definition) is 3. The van der Waals surface area contributed by atoms with Gasteiger partial charge < -0.3 is 9.84 Å². The first-order valence-corrected chi connectivity index (χ1v) is 7.26. The molecule has 0 bridgehead atoms. The van der Waals surface area contributed by atoms with Gasteiger partial charge in [-0.05, 0) is 18.4 Å². The topological polar surface area (TPSA) is 49.8 Å². The van der Waals surface area contributed by atoms with Crippen LogP contribution in [0.15, 0.2) is 30.3 Å². The monoisotopic (exact) mass is 275 g/mol. The molecule has 20 heavy (non-hydrogen) atoms. The molecule has 0 amide bonds. The van der Waals surface area contributed by atoms with Gasteiger partial charge in [-0.3, -0.25) is 9.69 Å². The summed E-state index contributed by atoms with van der Waals surface area (Å²) in [5.41, 5.74) is 1.06. The number of benzene rings is 1. The molecule has 3 rings (SSSR count). The van der Waals surface area contributed by atoms with E-state index < -0.39 is 5.97 Å². The summed E-state index contributed by atoms with van der Waals surface area (Å²) in [7, 11) is 0. The number of ether oxygens (including phenoxy) is 1. The van der Waals surface area contributed by atoms with Crippen LogP contribution in [0.3, 0.4) is 0 Å². The summed E-state index contributed by atoms with van der Waals surface area (Å²) in [6, 6.07) is 10.2. The smallest absolute Gasteiger partial charge is 0.308 e. The lowest BCUT2D eigenvalue weighted by atomic mass is 9.74. The second kappa shape index (κ2) is 5.54. The van der Waals surface area contributed by atoms with Gasteiger partial charge in [-0.25, -0.2) is 0 Å². The van der Waals surface area contributed by atoms with Crippen LogP contribution in [0.4, 0.5) is 0 Å². The molecule has 0 aliphatic carbocycles. The van der Waals surface area contributed by atoms with Crippen LogP contribution in [-0.2, 0) is 16.1 Å². The summed E-state index contributed by atoms with van der Waals surface area (Å²) in [6.07, 6.45) is 1.94. The lowest BCUT2D eigenvalue weighted by Gasteiger charge is -2.36. The Bertz CT molecular complexity index is 468. The number of carboxylic acid groups (broad SMARTS) is 1. The Morgan fingerprint density at radius 1 is 1.40 bits per heavy atom. The van der Waals surface area contributed by atoms with Gasteiger partial charge in [0, 0.05) is 31.7 Å². The Kier molecular flexibility index (Phi) is 3.76. The fraction of sp³-hybridized carbons (Fsp3) is 0.562. The van der Waals surface area contributed by atoms with Crippen molar-refractivity contribution < 1.29 is 14.6 Å². The van der Waals surface area contributed by atoms with Gasteiger partial charge in [0.25, 0.3) is 0 Å². The Balaban J connectivity index is 1.74. The molecule has 2 saturated heterocycles. The third-order valence-electron chi connectivity index (χ3n) is 4.62. The predicted molar refractivity (Wildman–Crippen MR) is 75.3 cm³/mol. The van der Waals surface area contributed by atoms with Crippen LogP contribution in [0.1, 0.15) is 18.4 Å². The highest BCUT2D eigenvalue weighted by molar-refractivity contribution is 5.72. The molecule has 1 spiro atoms. The second-order valence-corrected chi connectivity index (χ2v) is 6.06. The average molecular weight is 275 g/mol. The van der Waals surface area contributed by atoms with Gasteiger partial charge in [0.2, 0.25) is 0 Å². The quantitative estimate of drug-likeness (QED) is 0.916. The maximum atomic E-state index is 11.6. The van der Waals surface area contributed by atoms with Gasteiger partial charge in [0.15, 0.2) is 0 Å². The summed E-state index contributed by atoms with van der Waals surface area (Å²) in [5.74, 6) is -0.974. The number of carbonyl (C=O) groups is 1. The molecule has 0 unspecified atom stereocenters. The van der Waals surface area contributed by atoms with E-state index in [0.29, 0.717) is 13.2 Å². The van der Waals surface area contributed by atoms with E-state index in [1.165, 1.54) is 5.56 Å². The highest BCUT2D eigenvalue weighted by Crippen LogP contribution is 2.43.